The zero-order valence-corrected chi connectivity index (χ0v) is 13.9. The molecule has 23 heavy (non-hydrogen) atoms. The molecule has 0 N–H and O–H groups in total. The molecule has 0 atom stereocenters. The van der Waals surface area contributed by atoms with Crippen LogP contribution in [-0.4, -0.2) is 32.6 Å². The van der Waals surface area contributed by atoms with Gasteiger partial charge in [-0.05, 0) is 19.9 Å². The third kappa shape index (κ3) is 3.50. The van der Waals surface area contributed by atoms with E-state index in [0.717, 1.165) is 0 Å². The van der Waals surface area contributed by atoms with Gasteiger partial charge in [-0.2, -0.15) is 5.10 Å². The highest BCUT2D eigenvalue weighted by Crippen LogP contribution is 2.23. The Kier molecular flexibility index (Phi) is 5.00. The van der Waals surface area contributed by atoms with E-state index in [1.54, 1.807) is 30.9 Å². The highest BCUT2D eigenvalue weighted by molar-refractivity contribution is 6.31. The van der Waals surface area contributed by atoms with E-state index in [2.05, 4.69) is 5.10 Å². The Labute approximate surface area is 138 Å². The van der Waals surface area contributed by atoms with E-state index < -0.39 is 4.92 Å². The third-order valence-corrected chi connectivity index (χ3v) is 3.89. The average molecular weight is 337 g/mol. The topological polar surface area (TPSA) is 81.3 Å². The second-order valence-corrected chi connectivity index (χ2v) is 5.55. The van der Waals surface area contributed by atoms with Crippen molar-refractivity contribution >= 4 is 23.2 Å². The minimum Gasteiger partial charge on any atom is -0.336 e. The maximum Gasteiger partial charge on any atom is 0.273 e. The maximum atomic E-state index is 12.6. The van der Waals surface area contributed by atoms with E-state index in [0.29, 0.717) is 28.4 Å². The predicted octanol–water partition coefficient (Wildman–Crippen LogP) is 3.05. The number of carbonyl (C=O) groups is 1. The predicted molar refractivity (Wildman–Crippen MR) is 86.5 cm³/mol. The number of rotatable bonds is 5. The van der Waals surface area contributed by atoms with Gasteiger partial charge in [-0.25, -0.2) is 0 Å². The number of nitro benzene ring substituents is 1. The van der Waals surface area contributed by atoms with E-state index in [9.17, 15) is 14.9 Å². The first kappa shape index (κ1) is 17.0. The van der Waals surface area contributed by atoms with E-state index in [1.807, 2.05) is 6.92 Å². The van der Waals surface area contributed by atoms with Crippen LogP contribution in [0.15, 0.2) is 24.4 Å². The molecule has 1 aromatic carbocycles. The Bertz CT molecular complexity index is 757. The highest BCUT2D eigenvalue weighted by atomic mass is 35.5. The molecule has 1 heterocycles. The quantitative estimate of drug-likeness (QED) is 0.620. The van der Waals surface area contributed by atoms with E-state index >= 15 is 0 Å². The van der Waals surface area contributed by atoms with Crippen molar-refractivity contribution in [2.45, 2.75) is 26.9 Å². The van der Waals surface area contributed by atoms with Crippen molar-refractivity contribution in [2.24, 2.45) is 0 Å². The molecule has 1 amide bonds. The van der Waals surface area contributed by atoms with Gasteiger partial charge in [0.1, 0.15) is 5.69 Å². The van der Waals surface area contributed by atoms with Crippen molar-refractivity contribution in [1.82, 2.24) is 14.7 Å². The van der Waals surface area contributed by atoms with Crippen molar-refractivity contribution in [3.63, 3.8) is 0 Å². The Balaban J connectivity index is 2.24. The van der Waals surface area contributed by atoms with Crippen LogP contribution in [0.25, 0.3) is 0 Å². The number of aryl methyl sites for hydroxylation is 1. The van der Waals surface area contributed by atoms with Crippen LogP contribution in [0.4, 0.5) is 5.69 Å². The number of benzene rings is 1. The maximum absolute atomic E-state index is 12.6. The molecule has 0 radical (unpaired) electrons. The van der Waals surface area contributed by atoms with Gasteiger partial charge < -0.3 is 4.90 Å². The van der Waals surface area contributed by atoms with Crippen LogP contribution < -0.4 is 0 Å². The summed E-state index contributed by atoms with van der Waals surface area (Å²) in [6.45, 7) is 4.42. The molecule has 0 bridgehead atoms. The summed E-state index contributed by atoms with van der Waals surface area (Å²) in [7, 11) is 1.61. The van der Waals surface area contributed by atoms with E-state index in [-0.39, 0.29) is 18.1 Å². The van der Waals surface area contributed by atoms with Gasteiger partial charge in [0.05, 0.1) is 16.5 Å². The van der Waals surface area contributed by atoms with Crippen LogP contribution in [0.3, 0.4) is 0 Å². The van der Waals surface area contributed by atoms with Gasteiger partial charge in [-0.15, -0.1) is 0 Å². The van der Waals surface area contributed by atoms with Crippen molar-refractivity contribution < 1.29 is 9.72 Å². The molecule has 0 aliphatic rings. The fraction of sp³-hybridized carbons (Fsp3) is 0.333. The largest absolute Gasteiger partial charge is 0.336 e. The summed E-state index contributed by atoms with van der Waals surface area (Å²) in [6, 6.07) is 4.46. The smallest absolute Gasteiger partial charge is 0.273 e. The zero-order valence-electron chi connectivity index (χ0n) is 13.1. The average Bonchev–Trinajstić information content (AvgIpc) is 2.86. The molecule has 2 aromatic rings. The van der Waals surface area contributed by atoms with Crippen molar-refractivity contribution in [1.29, 1.82) is 0 Å². The number of hydrogen-bond acceptors (Lipinski definition) is 4. The fourth-order valence-electron chi connectivity index (χ4n) is 2.26. The molecule has 0 saturated heterocycles. The minimum atomic E-state index is -0.494. The molecule has 7 nitrogen and oxygen atoms in total. The van der Waals surface area contributed by atoms with Crippen molar-refractivity contribution in [2.75, 3.05) is 7.05 Å². The monoisotopic (exact) mass is 336 g/mol. The lowest BCUT2D eigenvalue weighted by molar-refractivity contribution is -0.385. The van der Waals surface area contributed by atoms with Crippen LogP contribution >= 0.6 is 11.6 Å². The van der Waals surface area contributed by atoms with Crippen LogP contribution in [0.1, 0.15) is 28.5 Å². The lowest BCUT2D eigenvalue weighted by atomic mass is 10.1. The molecular formula is C15H17ClN4O3. The molecule has 0 saturated carbocycles. The first-order valence-electron chi connectivity index (χ1n) is 7.06. The summed E-state index contributed by atoms with van der Waals surface area (Å²) in [5.41, 5.74) is 1.16. The molecule has 8 heteroatoms. The van der Waals surface area contributed by atoms with Gasteiger partial charge in [0.2, 0.25) is 0 Å². The molecule has 122 valence electrons. The molecular weight excluding hydrogens is 320 g/mol. The van der Waals surface area contributed by atoms with Gasteiger partial charge in [-0.1, -0.05) is 17.7 Å². The number of hydrogen-bond donors (Lipinski definition) is 0. The lowest BCUT2D eigenvalue weighted by Gasteiger charge is -2.17. The van der Waals surface area contributed by atoms with E-state index in [1.165, 1.54) is 17.0 Å². The molecule has 2 rings (SSSR count). The fourth-order valence-corrected chi connectivity index (χ4v) is 2.47. The first-order chi connectivity index (χ1) is 10.8. The molecule has 0 aliphatic carbocycles. The van der Waals surface area contributed by atoms with Crippen molar-refractivity contribution in [3.05, 3.63) is 56.4 Å². The Morgan fingerprint density at radius 3 is 2.74 bits per heavy atom. The molecule has 0 fully saturated rings. The number of nitro groups is 1. The van der Waals surface area contributed by atoms with Crippen LogP contribution in [0, 0.1) is 17.0 Å². The lowest BCUT2D eigenvalue weighted by Crippen LogP contribution is -2.27. The Morgan fingerprint density at radius 1 is 1.48 bits per heavy atom. The second-order valence-electron chi connectivity index (χ2n) is 5.15. The number of amides is 1. The second kappa shape index (κ2) is 6.78. The standard InChI is InChI=1S/C15H17ClN4O3/c1-4-19-8-12(16)13(17-19)9-18(3)15(21)11-6-5-7-14(10(11)2)20(22)23/h5-8H,4,9H2,1-3H3. The summed E-state index contributed by atoms with van der Waals surface area (Å²) in [6.07, 6.45) is 1.70. The molecule has 0 aliphatic heterocycles. The number of aromatic nitrogens is 2. The third-order valence-electron chi connectivity index (χ3n) is 3.58. The zero-order chi connectivity index (χ0) is 17.1. The minimum absolute atomic E-state index is 0.0717. The van der Waals surface area contributed by atoms with Crippen LogP contribution in [0.5, 0.6) is 0 Å². The summed E-state index contributed by atoms with van der Waals surface area (Å²) < 4.78 is 1.69. The summed E-state index contributed by atoms with van der Waals surface area (Å²) in [5, 5.41) is 15.8. The van der Waals surface area contributed by atoms with Gasteiger partial charge in [-0.3, -0.25) is 19.6 Å². The van der Waals surface area contributed by atoms with Gasteiger partial charge in [0.25, 0.3) is 11.6 Å². The van der Waals surface area contributed by atoms with Crippen molar-refractivity contribution in [3.8, 4) is 0 Å². The molecule has 1 aromatic heterocycles. The first-order valence-corrected chi connectivity index (χ1v) is 7.44. The van der Waals surface area contributed by atoms with Crippen LogP contribution in [-0.2, 0) is 13.1 Å². The summed E-state index contributed by atoms with van der Waals surface area (Å²) in [4.78, 5) is 24.5. The molecule has 0 unspecified atom stereocenters. The van der Waals surface area contributed by atoms with Gasteiger partial charge in [0.15, 0.2) is 0 Å². The van der Waals surface area contributed by atoms with Crippen LogP contribution in [0.2, 0.25) is 5.02 Å². The summed E-state index contributed by atoms with van der Waals surface area (Å²) in [5.74, 6) is -0.312. The van der Waals surface area contributed by atoms with E-state index in [4.69, 9.17) is 11.6 Å². The Morgan fingerprint density at radius 2 is 2.17 bits per heavy atom. The number of carbonyl (C=O) groups excluding carboxylic acids is 1. The van der Waals surface area contributed by atoms with Gasteiger partial charge in [0, 0.05) is 37.0 Å². The molecule has 0 spiro atoms. The Hall–Kier alpha value is -2.41. The number of halogens is 1. The highest BCUT2D eigenvalue weighted by Gasteiger charge is 2.21. The van der Waals surface area contributed by atoms with Gasteiger partial charge >= 0.3 is 0 Å². The SMILES string of the molecule is CCn1cc(Cl)c(CN(C)C(=O)c2cccc([N+](=O)[O-])c2C)n1. The number of nitrogens with zero attached hydrogens (tertiary/aromatic N) is 4. The normalized spacial score (nSPS) is 10.6. The summed E-state index contributed by atoms with van der Waals surface area (Å²) >= 11 is 6.11.